The van der Waals surface area contributed by atoms with Crippen molar-refractivity contribution in [3.8, 4) is 6.07 Å². The van der Waals surface area contributed by atoms with E-state index in [1.165, 1.54) is 18.2 Å². The van der Waals surface area contributed by atoms with Crippen LogP contribution in [0.1, 0.15) is 43.7 Å². The van der Waals surface area contributed by atoms with Crippen LogP contribution in [0, 0.1) is 11.3 Å². The second-order valence-electron chi connectivity index (χ2n) is 3.97. The lowest BCUT2D eigenvalue weighted by Crippen LogP contribution is -2.12. The third-order valence-corrected chi connectivity index (χ3v) is 2.82. The van der Waals surface area contributed by atoms with Gasteiger partial charge in [0.25, 0.3) is 5.92 Å². The van der Waals surface area contributed by atoms with Crippen molar-refractivity contribution >= 4 is 0 Å². The van der Waals surface area contributed by atoms with E-state index in [0.717, 1.165) is 12.0 Å². The Balaban J connectivity index is 2.91. The molecule has 0 aliphatic carbocycles. The molecule has 1 atom stereocenters. The zero-order valence-electron chi connectivity index (χ0n) is 9.50. The first-order chi connectivity index (χ1) is 7.51. The summed E-state index contributed by atoms with van der Waals surface area (Å²) in [6.07, 6.45) is 0.212. The Hall–Kier alpha value is -1.43. The SMILES string of the molecule is CCC(C)c1ccc(C(F)(F)CC#N)cc1. The summed E-state index contributed by atoms with van der Waals surface area (Å²) in [6, 6.07) is 7.77. The number of nitrogens with zero attached hydrogens (tertiary/aromatic N) is 1. The zero-order valence-corrected chi connectivity index (χ0v) is 9.50. The summed E-state index contributed by atoms with van der Waals surface area (Å²) in [5, 5.41) is 8.31. The summed E-state index contributed by atoms with van der Waals surface area (Å²) in [4.78, 5) is 0. The van der Waals surface area contributed by atoms with E-state index in [2.05, 4.69) is 13.8 Å². The Bertz CT molecular complexity index is 376. The lowest BCUT2D eigenvalue weighted by atomic mass is 9.96. The fourth-order valence-corrected chi connectivity index (χ4v) is 1.49. The molecule has 0 heterocycles. The Morgan fingerprint density at radius 2 is 1.88 bits per heavy atom. The molecule has 0 aliphatic heterocycles. The van der Waals surface area contributed by atoms with Gasteiger partial charge in [0.15, 0.2) is 0 Å². The molecule has 1 aromatic carbocycles. The van der Waals surface area contributed by atoms with Gasteiger partial charge < -0.3 is 0 Å². The van der Waals surface area contributed by atoms with Crippen LogP contribution in [-0.2, 0) is 5.92 Å². The maximum Gasteiger partial charge on any atom is 0.286 e. The van der Waals surface area contributed by atoms with Gasteiger partial charge in [-0.15, -0.1) is 0 Å². The molecule has 0 fully saturated rings. The summed E-state index contributed by atoms with van der Waals surface area (Å²) in [6.45, 7) is 4.12. The molecule has 3 heteroatoms. The van der Waals surface area contributed by atoms with E-state index in [9.17, 15) is 8.78 Å². The molecule has 16 heavy (non-hydrogen) atoms. The van der Waals surface area contributed by atoms with Crippen LogP contribution in [0.2, 0.25) is 0 Å². The van der Waals surface area contributed by atoms with E-state index in [0.29, 0.717) is 5.92 Å². The van der Waals surface area contributed by atoms with Crippen molar-refractivity contribution in [3.05, 3.63) is 35.4 Å². The number of halogens is 2. The molecule has 0 saturated carbocycles. The molecule has 0 bridgehead atoms. The van der Waals surface area contributed by atoms with Gasteiger partial charge in [0.1, 0.15) is 6.42 Å². The Morgan fingerprint density at radius 1 is 1.31 bits per heavy atom. The normalized spacial score (nSPS) is 13.2. The Morgan fingerprint density at radius 3 is 2.31 bits per heavy atom. The maximum atomic E-state index is 13.3. The number of hydrogen-bond donors (Lipinski definition) is 0. The van der Waals surface area contributed by atoms with Crippen LogP contribution < -0.4 is 0 Å². The van der Waals surface area contributed by atoms with Crippen LogP contribution in [-0.4, -0.2) is 0 Å². The molecule has 0 aliphatic rings. The molecular formula is C13H15F2N. The molecule has 0 spiro atoms. The van der Waals surface area contributed by atoms with Crippen LogP contribution in [0.4, 0.5) is 8.78 Å². The highest BCUT2D eigenvalue weighted by Gasteiger charge is 2.31. The Kier molecular flexibility index (Phi) is 4.00. The summed E-state index contributed by atoms with van der Waals surface area (Å²) in [5.74, 6) is -2.67. The van der Waals surface area contributed by atoms with E-state index in [4.69, 9.17) is 5.26 Å². The maximum absolute atomic E-state index is 13.3. The topological polar surface area (TPSA) is 23.8 Å². The second kappa shape index (κ2) is 5.07. The first kappa shape index (κ1) is 12.6. The van der Waals surface area contributed by atoms with Gasteiger partial charge in [-0.3, -0.25) is 0 Å². The third-order valence-electron chi connectivity index (χ3n) is 2.82. The summed E-state index contributed by atoms with van der Waals surface area (Å²) in [5.41, 5.74) is 0.972. The smallest absolute Gasteiger partial charge is 0.200 e. The predicted molar refractivity (Wildman–Crippen MR) is 59.3 cm³/mol. The largest absolute Gasteiger partial charge is 0.286 e. The predicted octanol–water partition coefficient (Wildman–Crippen LogP) is 4.21. The molecule has 86 valence electrons. The molecular weight excluding hydrogens is 208 g/mol. The van der Waals surface area contributed by atoms with Crippen molar-refractivity contribution in [3.63, 3.8) is 0 Å². The zero-order chi connectivity index (χ0) is 12.2. The lowest BCUT2D eigenvalue weighted by molar-refractivity contribution is 0.000930. The van der Waals surface area contributed by atoms with Crippen molar-refractivity contribution in [2.24, 2.45) is 0 Å². The summed E-state index contributed by atoms with van der Waals surface area (Å²) < 4.78 is 26.7. The molecule has 0 saturated heterocycles. The molecule has 1 nitrogen and oxygen atoms in total. The number of benzene rings is 1. The number of alkyl halides is 2. The van der Waals surface area contributed by atoms with Gasteiger partial charge >= 0.3 is 0 Å². The van der Waals surface area contributed by atoms with E-state index < -0.39 is 12.3 Å². The average Bonchev–Trinajstić information content (AvgIpc) is 2.28. The van der Waals surface area contributed by atoms with Gasteiger partial charge in [0, 0.05) is 5.56 Å². The van der Waals surface area contributed by atoms with Gasteiger partial charge in [-0.1, -0.05) is 38.1 Å². The van der Waals surface area contributed by atoms with Gasteiger partial charge in [0.2, 0.25) is 0 Å². The summed E-state index contributed by atoms with van der Waals surface area (Å²) in [7, 11) is 0. The standard InChI is InChI=1S/C13H15F2N/c1-3-10(2)11-4-6-12(7-5-11)13(14,15)8-9-16/h4-7,10H,3,8H2,1-2H3. The van der Waals surface area contributed by atoms with E-state index >= 15 is 0 Å². The second-order valence-corrected chi connectivity index (χ2v) is 3.97. The molecule has 0 radical (unpaired) electrons. The van der Waals surface area contributed by atoms with Crippen LogP contribution >= 0.6 is 0 Å². The monoisotopic (exact) mass is 223 g/mol. The van der Waals surface area contributed by atoms with Gasteiger partial charge in [-0.05, 0) is 17.9 Å². The average molecular weight is 223 g/mol. The first-order valence-corrected chi connectivity index (χ1v) is 5.36. The number of hydrogen-bond acceptors (Lipinski definition) is 1. The van der Waals surface area contributed by atoms with Crippen molar-refractivity contribution in [2.75, 3.05) is 0 Å². The van der Waals surface area contributed by atoms with Crippen molar-refractivity contribution in [1.29, 1.82) is 5.26 Å². The van der Waals surface area contributed by atoms with Crippen molar-refractivity contribution < 1.29 is 8.78 Å². The highest BCUT2D eigenvalue weighted by Crippen LogP contribution is 2.32. The third kappa shape index (κ3) is 2.79. The van der Waals surface area contributed by atoms with Gasteiger partial charge in [0.05, 0.1) is 6.07 Å². The summed E-state index contributed by atoms with van der Waals surface area (Å²) >= 11 is 0. The molecule has 1 unspecified atom stereocenters. The highest BCUT2D eigenvalue weighted by atomic mass is 19.3. The molecule has 0 N–H and O–H groups in total. The minimum absolute atomic E-state index is 0.0823. The molecule has 0 aromatic heterocycles. The number of rotatable bonds is 4. The van der Waals surface area contributed by atoms with Crippen molar-refractivity contribution in [2.45, 2.75) is 38.5 Å². The first-order valence-electron chi connectivity index (χ1n) is 5.36. The lowest BCUT2D eigenvalue weighted by Gasteiger charge is -2.15. The van der Waals surface area contributed by atoms with E-state index in [1.807, 2.05) is 0 Å². The van der Waals surface area contributed by atoms with E-state index in [1.54, 1.807) is 12.1 Å². The van der Waals surface area contributed by atoms with Crippen LogP contribution in [0.3, 0.4) is 0 Å². The quantitative estimate of drug-likeness (QED) is 0.750. The van der Waals surface area contributed by atoms with Crippen LogP contribution in [0.5, 0.6) is 0 Å². The minimum atomic E-state index is -3.04. The highest BCUT2D eigenvalue weighted by molar-refractivity contribution is 5.28. The molecule has 1 aromatic rings. The fourth-order valence-electron chi connectivity index (χ4n) is 1.49. The van der Waals surface area contributed by atoms with Crippen LogP contribution in [0.25, 0.3) is 0 Å². The van der Waals surface area contributed by atoms with Crippen molar-refractivity contribution in [1.82, 2.24) is 0 Å². The van der Waals surface area contributed by atoms with Gasteiger partial charge in [-0.2, -0.15) is 5.26 Å². The fraction of sp³-hybridized carbons (Fsp3) is 0.462. The minimum Gasteiger partial charge on any atom is -0.200 e. The Labute approximate surface area is 94.7 Å². The molecule has 0 amide bonds. The van der Waals surface area contributed by atoms with Gasteiger partial charge in [-0.25, -0.2) is 8.78 Å². The number of nitriles is 1. The molecule has 1 rings (SSSR count). The van der Waals surface area contributed by atoms with E-state index in [-0.39, 0.29) is 5.56 Å². The van der Waals surface area contributed by atoms with Crippen LogP contribution in [0.15, 0.2) is 24.3 Å².